The average Bonchev–Trinajstić information content (AvgIpc) is 2.16. The Bertz CT molecular complexity index is 79.0. The van der Waals surface area contributed by atoms with Gasteiger partial charge < -0.3 is 5.21 Å². The fourth-order valence-electron chi connectivity index (χ4n) is 1.40. The number of hydrogen-bond donors (Lipinski definition) is 3. The van der Waals surface area contributed by atoms with Crippen LogP contribution in [0.1, 0.15) is 58.3 Å². The van der Waals surface area contributed by atoms with Crippen LogP contribution in [-0.4, -0.2) is 11.8 Å². The number of nitrogens with one attached hydrogen (secondary N) is 2. The van der Waals surface area contributed by atoms with Crippen molar-refractivity contribution in [2.24, 2.45) is 0 Å². The molecule has 0 rings (SSSR count). The summed E-state index contributed by atoms with van der Waals surface area (Å²) in [6.07, 6.45) is 10.6. The van der Waals surface area contributed by atoms with Gasteiger partial charge in [0.1, 0.15) is 0 Å². The second-order valence-corrected chi connectivity index (χ2v) is 3.51. The van der Waals surface area contributed by atoms with Crippen LogP contribution in [0, 0.1) is 0 Å². The summed E-state index contributed by atoms with van der Waals surface area (Å²) >= 11 is 0. The van der Waals surface area contributed by atoms with Crippen molar-refractivity contribution in [3.8, 4) is 0 Å². The van der Waals surface area contributed by atoms with Crippen LogP contribution in [0.4, 0.5) is 0 Å². The number of unbranched alkanes of at least 4 members (excludes halogenated alkanes) is 7. The third kappa shape index (κ3) is 11.9. The molecule has 3 nitrogen and oxygen atoms in total. The summed E-state index contributed by atoms with van der Waals surface area (Å²) < 4.78 is 0. The molecule has 3 N–H and O–H groups in total. The van der Waals surface area contributed by atoms with Crippen molar-refractivity contribution < 1.29 is 5.21 Å². The molecular weight excluding hydrogens is 164 g/mol. The van der Waals surface area contributed by atoms with Gasteiger partial charge >= 0.3 is 0 Å². The number of rotatable bonds is 10. The lowest BCUT2D eigenvalue weighted by molar-refractivity contribution is 0.120. The van der Waals surface area contributed by atoms with E-state index in [9.17, 15) is 0 Å². The molecule has 0 aliphatic rings. The zero-order valence-corrected chi connectivity index (χ0v) is 8.81. The molecule has 13 heavy (non-hydrogen) atoms. The highest BCUT2D eigenvalue weighted by Crippen LogP contribution is 2.07. The number of hydrazine groups is 1. The highest BCUT2D eigenvalue weighted by molar-refractivity contribution is 4.46. The lowest BCUT2D eigenvalue weighted by Crippen LogP contribution is -2.28. The topological polar surface area (TPSA) is 44.3 Å². The first kappa shape index (κ1) is 12.9. The Morgan fingerprint density at radius 1 is 0.846 bits per heavy atom. The van der Waals surface area contributed by atoms with E-state index in [1.165, 1.54) is 44.9 Å². The van der Waals surface area contributed by atoms with Crippen LogP contribution in [-0.2, 0) is 0 Å². The maximum Gasteiger partial charge on any atom is 0.0122 e. The maximum absolute atomic E-state index is 8.20. The molecule has 0 aromatic rings. The average molecular weight is 188 g/mol. The minimum absolute atomic E-state index is 0.853. The van der Waals surface area contributed by atoms with Gasteiger partial charge in [0, 0.05) is 6.54 Å². The molecule has 0 aliphatic heterocycles. The third-order valence-electron chi connectivity index (χ3n) is 2.23. The molecule has 0 bridgehead atoms. The van der Waals surface area contributed by atoms with Crippen LogP contribution in [0.25, 0.3) is 0 Å². The van der Waals surface area contributed by atoms with E-state index in [1.54, 1.807) is 0 Å². The summed E-state index contributed by atoms with van der Waals surface area (Å²) in [5.74, 6) is 0. The Morgan fingerprint density at radius 3 is 1.92 bits per heavy atom. The third-order valence-corrected chi connectivity index (χ3v) is 2.23. The fraction of sp³-hybridized carbons (Fsp3) is 1.00. The maximum atomic E-state index is 8.20. The summed E-state index contributed by atoms with van der Waals surface area (Å²) in [6.45, 7) is 3.10. The second-order valence-electron chi connectivity index (χ2n) is 3.51. The van der Waals surface area contributed by atoms with E-state index < -0.39 is 0 Å². The van der Waals surface area contributed by atoms with Gasteiger partial charge in [-0.25, -0.2) is 5.43 Å². The molecule has 0 saturated carbocycles. The SMILES string of the molecule is CCCCCCCCCCNNO. The van der Waals surface area contributed by atoms with Gasteiger partial charge in [0.05, 0.1) is 0 Å². The Labute approximate surface area is 81.8 Å². The van der Waals surface area contributed by atoms with Crippen molar-refractivity contribution in [1.29, 1.82) is 0 Å². The summed E-state index contributed by atoms with van der Waals surface area (Å²) in [4.78, 5) is 0. The van der Waals surface area contributed by atoms with Crippen molar-refractivity contribution in [3.05, 3.63) is 0 Å². The van der Waals surface area contributed by atoms with Crippen LogP contribution in [0.2, 0.25) is 0 Å². The molecule has 0 aromatic carbocycles. The molecule has 0 aromatic heterocycles. The van der Waals surface area contributed by atoms with Gasteiger partial charge in [0.2, 0.25) is 0 Å². The van der Waals surface area contributed by atoms with Crippen LogP contribution >= 0.6 is 0 Å². The van der Waals surface area contributed by atoms with Gasteiger partial charge in [-0.2, -0.15) is 0 Å². The molecule has 80 valence electrons. The van der Waals surface area contributed by atoms with E-state index in [1.807, 2.05) is 5.59 Å². The molecule has 0 saturated heterocycles. The summed E-state index contributed by atoms with van der Waals surface area (Å²) in [5, 5.41) is 8.20. The minimum atomic E-state index is 0.853. The smallest absolute Gasteiger partial charge is 0.0122 e. The van der Waals surface area contributed by atoms with Crippen LogP contribution < -0.4 is 11.0 Å². The minimum Gasteiger partial charge on any atom is -0.302 e. The van der Waals surface area contributed by atoms with Gasteiger partial charge in [0.15, 0.2) is 0 Å². The van der Waals surface area contributed by atoms with Crippen molar-refractivity contribution in [2.45, 2.75) is 58.3 Å². The van der Waals surface area contributed by atoms with Crippen molar-refractivity contribution in [3.63, 3.8) is 0 Å². The summed E-state index contributed by atoms with van der Waals surface area (Å²) in [6, 6.07) is 0. The summed E-state index contributed by atoms with van der Waals surface area (Å²) in [5.41, 5.74) is 4.60. The van der Waals surface area contributed by atoms with E-state index in [0.29, 0.717) is 0 Å². The first-order chi connectivity index (χ1) is 6.41. The standard InChI is InChI=1S/C10H24N2O/c1-2-3-4-5-6-7-8-9-10-11-12-13/h11-13H,2-10H2,1H3. The van der Waals surface area contributed by atoms with E-state index in [0.717, 1.165) is 13.0 Å². The molecule has 0 aliphatic carbocycles. The molecule has 0 radical (unpaired) electrons. The Morgan fingerprint density at radius 2 is 1.38 bits per heavy atom. The van der Waals surface area contributed by atoms with Gasteiger partial charge in [0.25, 0.3) is 0 Å². The lowest BCUT2D eigenvalue weighted by Gasteiger charge is -2.02. The monoisotopic (exact) mass is 188 g/mol. The molecule has 0 heterocycles. The summed E-state index contributed by atoms with van der Waals surface area (Å²) in [7, 11) is 0. The molecule has 0 unspecified atom stereocenters. The zero-order valence-electron chi connectivity index (χ0n) is 8.81. The lowest BCUT2D eigenvalue weighted by atomic mass is 10.1. The normalized spacial score (nSPS) is 10.6. The van der Waals surface area contributed by atoms with Crippen LogP contribution in [0.5, 0.6) is 0 Å². The largest absolute Gasteiger partial charge is 0.302 e. The van der Waals surface area contributed by atoms with Crippen molar-refractivity contribution in [1.82, 2.24) is 11.0 Å². The van der Waals surface area contributed by atoms with E-state index in [4.69, 9.17) is 5.21 Å². The number of hydrogen-bond acceptors (Lipinski definition) is 3. The van der Waals surface area contributed by atoms with Crippen molar-refractivity contribution in [2.75, 3.05) is 6.54 Å². The highest BCUT2D eigenvalue weighted by Gasteiger charge is 1.90. The first-order valence-electron chi connectivity index (χ1n) is 5.53. The van der Waals surface area contributed by atoms with E-state index >= 15 is 0 Å². The van der Waals surface area contributed by atoms with Gasteiger partial charge in [-0.3, -0.25) is 0 Å². The van der Waals surface area contributed by atoms with Crippen LogP contribution in [0.15, 0.2) is 0 Å². The van der Waals surface area contributed by atoms with Gasteiger partial charge in [-0.15, -0.1) is 5.59 Å². The molecule has 0 atom stereocenters. The predicted octanol–water partition coefficient (Wildman–Crippen LogP) is 2.61. The van der Waals surface area contributed by atoms with Gasteiger partial charge in [-0.1, -0.05) is 51.9 Å². The molecule has 3 heteroatoms. The Balaban J connectivity index is 2.76. The quantitative estimate of drug-likeness (QED) is 0.365. The highest BCUT2D eigenvalue weighted by atomic mass is 16.5. The predicted molar refractivity (Wildman–Crippen MR) is 55.5 cm³/mol. The van der Waals surface area contributed by atoms with Crippen LogP contribution in [0.3, 0.4) is 0 Å². The molecule has 0 amide bonds. The van der Waals surface area contributed by atoms with Crippen molar-refractivity contribution >= 4 is 0 Å². The first-order valence-corrected chi connectivity index (χ1v) is 5.53. The molecule has 0 spiro atoms. The zero-order chi connectivity index (χ0) is 9.78. The molecular formula is C10H24N2O. The Kier molecular flexibility index (Phi) is 11.8. The Hall–Kier alpha value is -0.120. The van der Waals surface area contributed by atoms with E-state index in [-0.39, 0.29) is 0 Å². The van der Waals surface area contributed by atoms with Gasteiger partial charge in [-0.05, 0) is 6.42 Å². The van der Waals surface area contributed by atoms with E-state index in [2.05, 4.69) is 12.3 Å². The molecule has 0 fully saturated rings. The second kappa shape index (κ2) is 11.9. The fourth-order valence-corrected chi connectivity index (χ4v) is 1.40.